The van der Waals surface area contributed by atoms with Gasteiger partial charge in [0.2, 0.25) is 0 Å². The van der Waals surface area contributed by atoms with E-state index in [2.05, 4.69) is 11.4 Å². The first-order valence-corrected chi connectivity index (χ1v) is 8.55. The summed E-state index contributed by atoms with van der Waals surface area (Å²) in [5, 5.41) is 4.16. The Morgan fingerprint density at radius 2 is 2.12 bits per heavy atom. The molecule has 0 unspecified atom stereocenters. The van der Waals surface area contributed by atoms with Crippen molar-refractivity contribution in [2.45, 2.75) is 25.9 Å². The molecule has 0 aliphatic carbocycles. The summed E-state index contributed by atoms with van der Waals surface area (Å²) in [6.07, 6.45) is 0.944. The largest absolute Gasteiger partial charge is 0.493 e. The van der Waals surface area contributed by atoms with Gasteiger partial charge in [0.15, 0.2) is 11.5 Å². The molecule has 4 nitrogen and oxygen atoms in total. The zero-order valence-electron chi connectivity index (χ0n) is 14.0. The number of benzene rings is 2. The molecule has 0 amide bonds. The molecule has 0 saturated heterocycles. The molecule has 1 aliphatic heterocycles. The second-order valence-corrected chi connectivity index (χ2v) is 6.06. The average molecular weight is 348 g/mol. The van der Waals surface area contributed by atoms with E-state index in [0.717, 1.165) is 24.3 Å². The summed E-state index contributed by atoms with van der Waals surface area (Å²) in [7, 11) is 1.60. The first-order chi connectivity index (χ1) is 11.7. The normalized spacial score (nSPS) is 16.2. The molecule has 0 aromatic heterocycles. The zero-order chi connectivity index (χ0) is 16.9. The summed E-state index contributed by atoms with van der Waals surface area (Å²) in [5.41, 5.74) is 2.27. The Hall–Kier alpha value is -1.91. The highest BCUT2D eigenvalue weighted by molar-refractivity contribution is 6.32. The van der Waals surface area contributed by atoms with Crippen molar-refractivity contribution in [3.63, 3.8) is 0 Å². The fourth-order valence-corrected chi connectivity index (χ4v) is 3.29. The number of fused-ring (bicyclic) bond motifs is 1. The van der Waals surface area contributed by atoms with Gasteiger partial charge in [0.1, 0.15) is 5.75 Å². The fraction of sp³-hybridized carbons (Fsp3) is 0.368. The van der Waals surface area contributed by atoms with Crippen LogP contribution in [0.2, 0.25) is 5.02 Å². The highest BCUT2D eigenvalue weighted by atomic mass is 35.5. The lowest BCUT2D eigenvalue weighted by molar-refractivity contribution is 0.252. The Morgan fingerprint density at radius 1 is 1.29 bits per heavy atom. The van der Waals surface area contributed by atoms with Gasteiger partial charge in [0, 0.05) is 24.6 Å². The average Bonchev–Trinajstić information content (AvgIpc) is 2.60. The van der Waals surface area contributed by atoms with Crippen molar-refractivity contribution in [2.75, 3.05) is 20.3 Å². The maximum atomic E-state index is 6.32. The predicted octanol–water partition coefficient (Wildman–Crippen LogP) is 4.36. The Bertz CT molecular complexity index is 705. The van der Waals surface area contributed by atoms with Crippen LogP contribution < -0.4 is 19.5 Å². The smallest absolute Gasteiger partial charge is 0.179 e. The van der Waals surface area contributed by atoms with Crippen LogP contribution >= 0.6 is 11.6 Å². The van der Waals surface area contributed by atoms with Gasteiger partial charge in [0.25, 0.3) is 0 Å². The number of ether oxygens (including phenoxy) is 3. The summed E-state index contributed by atoms with van der Waals surface area (Å²) < 4.78 is 16.7. The summed E-state index contributed by atoms with van der Waals surface area (Å²) in [4.78, 5) is 0. The molecule has 3 rings (SSSR count). The fourth-order valence-electron chi connectivity index (χ4n) is 2.98. The minimum absolute atomic E-state index is 0.270. The van der Waals surface area contributed by atoms with Crippen LogP contribution in [0.5, 0.6) is 17.2 Å². The van der Waals surface area contributed by atoms with Crippen LogP contribution in [-0.2, 0) is 6.54 Å². The van der Waals surface area contributed by atoms with E-state index in [9.17, 15) is 0 Å². The molecule has 2 aromatic carbocycles. The van der Waals surface area contributed by atoms with Crippen LogP contribution in [-0.4, -0.2) is 20.3 Å². The topological polar surface area (TPSA) is 39.7 Å². The SMILES string of the molecule is CCOc1cc(CN[C@H]2CCOc3ccccc32)cc(Cl)c1OC. The summed E-state index contributed by atoms with van der Waals surface area (Å²) in [6.45, 7) is 3.93. The molecule has 0 bridgehead atoms. The van der Waals surface area contributed by atoms with Crippen molar-refractivity contribution >= 4 is 11.6 Å². The molecule has 1 heterocycles. The first kappa shape index (κ1) is 16.9. The van der Waals surface area contributed by atoms with Crippen LogP contribution in [0.1, 0.15) is 30.5 Å². The third-order valence-corrected chi connectivity index (χ3v) is 4.37. The molecule has 1 aliphatic rings. The molecule has 0 saturated carbocycles. The van der Waals surface area contributed by atoms with Crippen LogP contribution in [0.3, 0.4) is 0 Å². The maximum Gasteiger partial charge on any atom is 0.179 e. The summed E-state index contributed by atoms with van der Waals surface area (Å²) in [6, 6.07) is 12.3. The van der Waals surface area contributed by atoms with Gasteiger partial charge in [-0.25, -0.2) is 0 Å². The molecule has 0 spiro atoms. The monoisotopic (exact) mass is 347 g/mol. The molecule has 24 heavy (non-hydrogen) atoms. The molecule has 1 N–H and O–H groups in total. The summed E-state index contributed by atoms with van der Waals surface area (Å²) >= 11 is 6.32. The lowest BCUT2D eigenvalue weighted by atomic mass is 10.0. The molecular formula is C19H22ClNO3. The van der Waals surface area contributed by atoms with Gasteiger partial charge >= 0.3 is 0 Å². The second kappa shape index (κ2) is 7.77. The van der Waals surface area contributed by atoms with E-state index in [4.69, 9.17) is 25.8 Å². The highest BCUT2D eigenvalue weighted by Gasteiger charge is 2.20. The third-order valence-electron chi connectivity index (χ3n) is 4.08. The first-order valence-electron chi connectivity index (χ1n) is 8.17. The van der Waals surface area contributed by atoms with E-state index >= 15 is 0 Å². The molecule has 0 fully saturated rings. The Balaban J connectivity index is 1.76. The van der Waals surface area contributed by atoms with Crippen molar-refractivity contribution in [1.82, 2.24) is 5.32 Å². The molecule has 5 heteroatoms. The molecule has 2 aromatic rings. The maximum absolute atomic E-state index is 6.32. The van der Waals surface area contributed by atoms with E-state index in [1.807, 2.05) is 37.3 Å². The van der Waals surface area contributed by atoms with Gasteiger partial charge in [-0.3, -0.25) is 0 Å². The van der Waals surface area contributed by atoms with Crippen LogP contribution in [0, 0.1) is 0 Å². The lowest BCUT2D eigenvalue weighted by Crippen LogP contribution is -2.26. The van der Waals surface area contributed by atoms with Crippen molar-refractivity contribution in [1.29, 1.82) is 0 Å². The molecule has 128 valence electrons. The second-order valence-electron chi connectivity index (χ2n) is 5.65. The number of nitrogens with one attached hydrogen (secondary N) is 1. The Kier molecular flexibility index (Phi) is 5.48. The van der Waals surface area contributed by atoms with Gasteiger partial charge in [-0.1, -0.05) is 29.8 Å². The quantitative estimate of drug-likeness (QED) is 0.842. The lowest BCUT2D eigenvalue weighted by Gasteiger charge is -2.27. The van der Waals surface area contributed by atoms with Crippen LogP contribution in [0.4, 0.5) is 0 Å². The minimum Gasteiger partial charge on any atom is -0.493 e. The number of methoxy groups -OCH3 is 1. The Morgan fingerprint density at radius 3 is 2.92 bits per heavy atom. The number of para-hydroxylation sites is 1. The van der Waals surface area contributed by atoms with Crippen molar-refractivity contribution in [3.8, 4) is 17.2 Å². The standard InChI is InChI=1S/C19H22ClNO3/c1-3-23-18-11-13(10-15(20)19(18)22-2)12-21-16-8-9-24-17-7-5-4-6-14(16)17/h4-7,10-11,16,21H,3,8-9,12H2,1-2H3/t16-/m0/s1. The van der Waals surface area contributed by atoms with Crippen LogP contribution in [0.25, 0.3) is 0 Å². The highest BCUT2D eigenvalue weighted by Crippen LogP contribution is 2.37. The van der Waals surface area contributed by atoms with E-state index in [0.29, 0.717) is 29.7 Å². The van der Waals surface area contributed by atoms with Gasteiger partial charge in [-0.05, 0) is 30.7 Å². The number of halogens is 1. The van der Waals surface area contributed by atoms with Crippen LogP contribution in [0.15, 0.2) is 36.4 Å². The minimum atomic E-state index is 0.270. The van der Waals surface area contributed by atoms with Crippen molar-refractivity contribution in [3.05, 3.63) is 52.5 Å². The van der Waals surface area contributed by atoms with Gasteiger partial charge < -0.3 is 19.5 Å². The van der Waals surface area contributed by atoms with Crippen molar-refractivity contribution < 1.29 is 14.2 Å². The predicted molar refractivity (Wildman–Crippen MR) is 95.3 cm³/mol. The zero-order valence-corrected chi connectivity index (χ0v) is 14.7. The molecular weight excluding hydrogens is 326 g/mol. The third kappa shape index (κ3) is 3.60. The van der Waals surface area contributed by atoms with E-state index in [1.165, 1.54) is 5.56 Å². The number of rotatable bonds is 6. The van der Waals surface area contributed by atoms with E-state index in [1.54, 1.807) is 7.11 Å². The van der Waals surface area contributed by atoms with E-state index in [-0.39, 0.29) is 6.04 Å². The van der Waals surface area contributed by atoms with Crippen molar-refractivity contribution in [2.24, 2.45) is 0 Å². The van der Waals surface area contributed by atoms with E-state index < -0.39 is 0 Å². The summed E-state index contributed by atoms with van der Waals surface area (Å²) in [5.74, 6) is 2.22. The van der Waals surface area contributed by atoms with Gasteiger partial charge in [-0.2, -0.15) is 0 Å². The molecule has 0 radical (unpaired) electrons. The Labute approximate surface area is 147 Å². The van der Waals surface area contributed by atoms with Gasteiger partial charge in [-0.15, -0.1) is 0 Å². The number of hydrogen-bond donors (Lipinski definition) is 1. The van der Waals surface area contributed by atoms with Gasteiger partial charge in [0.05, 0.1) is 25.3 Å². The molecule has 1 atom stereocenters. The number of hydrogen-bond acceptors (Lipinski definition) is 4.